The second-order valence-corrected chi connectivity index (χ2v) is 7.26. The molecule has 3 aromatic rings. The van der Waals surface area contributed by atoms with Crippen LogP contribution < -0.4 is 15.6 Å². The number of rotatable bonds is 5. The van der Waals surface area contributed by atoms with E-state index < -0.39 is 11.4 Å². The molecule has 2 aromatic carbocycles. The molecule has 0 saturated carbocycles. The molecule has 0 spiro atoms. The zero-order valence-electron chi connectivity index (χ0n) is 16.0. The monoisotopic (exact) mass is 411 g/mol. The molecule has 5 nitrogen and oxygen atoms in total. The molecule has 0 bridgehead atoms. The van der Waals surface area contributed by atoms with E-state index in [2.05, 4.69) is 28.5 Å². The van der Waals surface area contributed by atoms with Gasteiger partial charge >= 0.3 is 5.56 Å². The lowest BCUT2D eigenvalue weighted by Crippen LogP contribution is -2.19. The third-order valence-electron chi connectivity index (χ3n) is 4.99. The number of halogens is 2. The van der Waals surface area contributed by atoms with E-state index in [1.54, 1.807) is 22.9 Å². The third-order valence-corrected chi connectivity index (χ3v) is 5.28. The maximum Gasteiger partial charge on any atom is 0.316 e. The van der Waals surface area contributed by atoms with Gasteiger partial charge in [-0.25, -0.2) is 4.39 Å². The fourth-order valence-electron chi connectivity index (χ4n) is 3.42. The van der Waals surface area contributed by atoms with E-state index in [9.17, 15) is 9.18 Å². The summed E-state index contributed by atoms with van der Waals surface area (Å²) in [6.45, 7) is 2.36. The smallest absolute Gasteiger partial charge is 0.316 e. The molecule has 0 amide bonds. The van der Waals surface area contributed by atoms with Crippen LogP contribution in [-0.4, -0.2) is 16.7 Å². The SMILES string of the molecule is COc1cn(Cc2ccc(F)c(Cl)c2)c(Nc2ccc3c(c2C)C=CC3)nc1=O. The number of nitrogens with one attached hydrogen (secondary N) is 1. The van der Waals surface area contributed by atoms with Gasteiger partial charge in [0.05, 0.1) is 24.9 Å². The van der Waals surface area contributed by atoms with Crippen LogP contribution in [0.4, 0.5) is 16.0 Å². The highest BCUT2D eigenvalue weighted by Crippen LogP contribution is 2.30. The molecule has 1 aromatic heterocycles. The van der Waals surface area contributed by atoms with Gasteiger partial charge in [0.15, 0.2) is 0 Å². The number of benzene rings is 2. The molecule has 1 N–H and O–H groups in total. The van der Waals surface area contributed by atoms with Crippen LogP contribution in [-0.2, 0) is 13.0 Å². The number of ether oxygens (including phenoxy) is 1. The van der Waals surface area contributed by atoms with E-state index in [0.29, 0.717) is 12.5 Å². The summed E-state index contributed by atoms with van der Waals surface area (Å²) in [5, 5.41) is 3.31. The highest BCUT2D eigenvalue weighted by Gasteiger charge is 2.15. The minimum absolute atomic E-state index is 0.0410. The Kier molecular flexibility index (Phi) is 5.11. The topological polar surface area (TPSA) is 56.1 Å². The predicted molar refractivity (Wildman–Crippen MR) is 113 cm³/mol. The molecule has 7 heteroatoms. The standard InChI is InChI=1S/C22H19ClFN3O2/c1-13-16-5-3-4-15(16)7-9-19(13)25-22-26-21(28)20(29-2)12-27(22)11-14-6-8-18(24)17(23)10-14/h3,5-10,12H,4,11H2,1-2H3,(H,25,26,28). The third kappa shape index (κ3) is 3.76. The molecule has 1 aliphatic rings. The largest absolute Gasteiger partial charge is 0.490 e. The van der Waals surface area contributed by atoms with Gasteiger partial charge < -0.3 is 14.6 Å². The van der Waals surface area contributed by atoms with Crippen molar-refractivity contribution in [2.45, 2.75) is 19.9 Å². The van der Waals surface area contributed by atoms with Crippen molar-refractivity contribution >= 4 is 29.3 Å². The lowest BCUT2D eigenvalue weighted by molar-refractivity contribution is 0.402. The zero-order chi connectivity index (χ0) is 20.5. The molecule has 0 atom stereocenters. The summed E-state index contributed by atoms with van der Waals surface area (Å²) >= 11 is 5.91. The Bertz CT molecular complexity index is 1190. The van der Waals surface area contributed by atoms with Crippen molar-refractivity contribution < 1.29 is 9.13 Å². The second kappa shape index (κ2) is 7.72. The van der Waals surface area contributed by atoms with Gasteiger partial charge in [-0.15, -0.1) is 0 Å². The van der Waals surface area contributed by atoms with E-state index in [0.717, 1.165) is 23.2 Å². The van der Waals surface area contributed by atoms with Crippen LogP contribution in [0.2, 0.25) is 5.02 Å². The summed E-state index contributed by atoms with van der Waals surface area (Å²) in [5.41, 5.74) is 4.69. The number of fused-ring (bicyclic) bond motifs is 1. The number of nitrogens with zero attached hydrogens (tertiary/aromatic N) is 2. The van der Waals surface area contributed by atoms with Crippen molar-refractivity contribution in [3.8, 4) is 5.75 Å². The van der Waals surface area contributed by atoms with Gasteiger partial charge in [0.2, 0.25) is 11.7 Å². The van der Waals surface area contributed by atoms with Crippen molar-refractivity contribution in [3.05, 3.63) is 86.1 Å². The summed E-state index contributed by atoms with van der Waals surface area (Å²) in [5.74, 6) is 0.00448. The molecule has 4 rings (SSSR count). The molecular formula is C22H19ClFN3O2. The first-order valence-electron chi connectivity index (χ1n) is 9.11. The van der Waals surface area contributed by atoms with Gasteiger partial charge in [-0.1, -0.05) is 35.9 Å². The number of hydrogen-bond donors (Lipinski definition) is 1. The molecule has 0 fully saturated rings. The number of allylic oxidation sites excluding steroid dienone is 1. The van der Waals surface area contributed by atoms with Crippen molar-refractivity contribution in [1.82, 2.24) is 9.55 Å². The molecule has 29 heavy (non-hydrogen) atoms. The van der Waals surface area contributed by atoms with E-state index >= 15 is 0 Å². The van der Waals surface area contributed by atoms with E-state index in [1.807, 2.05) is 13.0 Å². The summed E-state index contributed by atoms with van der Waals surface area (Å²) in [7, 11) is 1.42. The quantitative estimate of drug-likeness (QED) is 0.660. The van der Waals surface area contributed by atoms with E-state index in [-0.39, 0.29) is 10.8 Å². The first-order valence-corrected chi connectivity index (χ1v) is 9.49. The molecule has 0 unspecified atom stereocenters. The maximum absolute atomic E-state index is 13.5. The Hall–Kier alpha value is -3.12. The van der Waals surface area contributed by atoms with E-state index in [4.69, 9.17) is 16.3 Å². The minimum Gasteiger partial charge on any atom is -0.490 e. The summed E-state index contributed by atoms with van der Waals surface area (Å²) in [6, 6.07) is 8.56. The van der Waals surface area contributed by atoms with Crippen LogP contribution in [0.25, 0.3) is 6.08 Å². The number of hydrogen-bond acceptors (Lipinski definition) is 4. The Balaban J connectivity index is 1.74. The van der Waals surface area contributed by atoms with Gasteiger partial charge in [-0.2, -0.15) is 4.98 Å². The number of anilines is 2. The molecule has 1 heterocycles. The number of aromatic nitrogens is 2. The van der Waals surface area contributed by atoms with Crippen LogP contribution in [0.3, 0.4) is 0 Å². The molecule has 0 radical (unpaired) electrons. The lowest BCUT2D eigenvalue weighted by atomic mass is 10.0. The van der Waals surface area contributed by atoms with Crippen LogP contribution >= 0.6 is 11.6 Å². The molecular weight excluding hydrogens is 393 g/mol. The molecule has 0 aliphatic heterocycles. The Morgan fingerprint density at radius 3 is 2.90 bits per heavy atom. The highest BCUT2D eigenvalue weighted by atomic mass is 35.5. The first kappa shape index (κ1) is 19.2. The van der Waals surface area contributed by atoms with Gasteiger partial charge in [0, 0.05) is 5.69 Å². The van der Waals surface area contributed by atoms with E-state index in [1.165, 1.54) is 24.3 Å². The Morgan fingerprint density at radius 2 is 2.14 bits per heavy atom. The van der Waals surface area contributed by atoms with Crippen LogP contribution in [0, 0.1) is 12.7 Å². The Labute approximate surface area is 172 Å². The normalized spacial score (nSPS) is 12.1. The van der Waals surface area contributed by atoms with Crippen LogP contribution in [0.15, 0.2) is 47.4 Å². The van der Waals surface area contributed by atoms with Gasteiger partial charge in [-0.05, 0) is 53.8 Å². The van der Waals surface area contributed by atoms with Crippen molar-refractivity contribution in [2.75, 3.05) is 12.4 Å². The zero-order valence-corrected chi connectivity index (χ0v) is 16.8. The van der Waals surface area contributed by atoms with Crippen molar-refractivity contribution in [3.63, 3.8) is 0 Å². The fraction of sp³-hybridized carbons (Fsp3) is 0.182. The lowest BCUT2D eigenvalue weighted by Gasteiger charge is -2.17. The van der Waals surface area contributed by atoms with Gasteiger partial charge in [-0.3, -0.25) is 4.79 Å². The van der Waals surface area contributed by atoms with Crippen molar-refractivity contribution in [1.29, 1.82) is 0 Å². The van der Waals surface area contributed by atoms with Gasteiger partial charge in [0.1, 0.15) is 5.82 Å². The maximum atomic E-state index is 13.5. The predicted octanol–water partition coefficient (Wildman–Crippen LogP) is 4.71. The molecule has 148 valence electrons. The minimum atomic E-state index is -0.480. The average molecular weight is 412 g/mol. The second-order valence-electron chi connectivity index (χ2n) is 6.86. The van der Waals surface area contributed by atoms with Crippen molar-refractivity contribution in [2.24, 2.45) is 0 Å². The highest BCUT2D eigenvalue weighted by molar-refractivity contribution is 6.30. The fourth-order valence-corrected chi connectivity index (χ4v) is 3.63. The summed E-state index contributed by atoms with van der Waals surface area (Å²) in [6.07, 6.45) is 6.73. The van der Waals surface area contributed by atoms with Crippen LogP contribution in [0.5, 0.6) is 5.75 Å². The number of methoxy groups -OCH3 is 1. The van der Waals surface area contributed by atoms with Gasteiger partial charge in [0.25, 0.3) is 0 Å². The van der Waals surface area contributed by atoms with Crippen LogP contribution in [0.1, 0.15) is 22.3 Å². The summed E-state index contributed by atoms with van der Waals surface area (Å²) < 4.78 is 20.4. The summed E-state index contributed by atoms with van der Waals surface area (Å²) in [4.78, 5) is 16.4. The average Bonchev–Trinajstić information content (AvgIpc) is 3.18. The molecule has 0 saturated heterocycles. The molecule has 1 aliphatic carbocycles. The Morgan fingerprint density at radius 1 is 1.31 bits per heavy atom. The first-order chi connectivity index (χ1) is 14.0.